The first-order valence-corrected chi connectivity index (χ1v) is 9.40. The SMILES string of the molecule is COCc1nc(OC)c2c(C)c(C(=O)OCc3cc4ccccc4o3)sc2n1. The Morgan fingerprint density at radius 2 is 2.00 bits per heavy atom. The minimum Gasteiger partial charge on any atom is -0.480 e. The second-order valence-corrected chi connectivity index (χ2v) is 7.14. The topological polar surface area (TPSA) is 83.7 Å². The first-order valence-electron chi connectivity index (χ1n) is 8.58. The number of aromatic nitrogens is 2. The summed E-state index contributed by atoms with van der Waals surface area (Å²) in [7, 11) is 3.11. The third kappa shape index (κ3) is 3.32. The van der Waals surface area contributed by atoms with E-state index in [1.54, 1.807) is 7.11 Å². The Hall–Kier alpha value is -2.97. The molecule has 8 heteroatoms. The second kappa shape index (κ2) is 7.57. The number of aryl methyl sites for hydroxylation is 1. The predicted molar refractivity (Wildman–Crippen MR) is 105 cm³/mol. The molecule has 0 saturated heterocycles. The highest BCUT2D eigenvalue weighted by Crippen LogP contribution is 2.35. The summed E-state index contributed by atoms with van der Waals surface area (Å²) in [6.07, 6.45) is 0. The summed E-state index contributed by atoms with van der Waals surface area (Å²) in [5.41, 5.74) is 1.49. The summed E-state index contributed by atoms with van der Waals surface area (Å²) in [6.45, 7) is 2.15. The van der Waals surface area contributed by atoms with Crippen LogP contribution < -0.4 is 4.74 Å². The number of esters is 1. The van der Waals surface area contributed by atoms with Crippen LogP contribution in [0.2, 0.25) is 0 Å². The molecule has 7 nitrogen and oxygen atoms in total. The minimum absolute atomic E-state index is 0.0545. The number of carbonyl (C=O) groups is 1. The van der Waals surface area contributed by atoms with Gasteiger partial charge in [0.05, 0.1) is 12.5 Å². The maximum atomic E-state index is 12.7. The standard InChI is InChI=1S/C20H18N2O5S/c1-11-16-18(25-3)21-15(10-24-2)22-19(16)28-17(11)20(23)26-9-13-8-12-6-4-5-7-14(12)27-13/h4-8H,9-10H2,1-3H3. The van der Waals surface area contributed by atoms with E-state index in [2.05, 4.69) is 9.97 Å². The average molecular weight is 398 g/mol. The first kappa shape index (κ1) is 18.4. The van der Waals surface area contributed by atoms with Crippen molar-refractivity contribution < 1.29 is 23.4 Å². The number of ether oxygens (including phenoxy) is 3. The summed E-state index contributed by atoms with van der Waals surface area (Å²) in [5, 5.41) is 1.68. The molecule has 0 unspecified atom stereocenters. The molecule has 0 amide bonds. The second-order valence-electron chi connectivity index (χ2n) is 6.15. The molecule has 0 N–H and O–H groups in total. The van der Waals surface area contributed by atoms with E-state index in [0.717, 1.165) is 16.5 Å². The Bertz CT molecular complexity index is 1130. The molecule has 3 heterocycles. The number of fused-ring (bicyclic) bond motifs is 2. The molecular formula is C20H18N2O5S. The van der Waals surface area contributed by atoms with E-state index >= 15 is 0 Å². The lowest BCUT2D eigenvalue weighted by Gasteiger charge is -2.05. The van der Waals surface area contributed by atoms with Gasteiger partial charge < -0.3 is 18.6 Å². The van der Waals surface area contributed by atoms with E-state index in [-0.39, 0.29) is 13.2 Å². The number of rotatable bonds is 6. The van der Waals surface area contributed by atoms with E-state index in [9.17, 15) is 4.79 Å². The number of benzene rings is 1. The summed E-state index contributed by atoms with van der Waals surface area (Å²) in [6, 6.07) is 9.52. The van der Waals surface area contributed by atoms with Crippen LogP contribution in [0.5, 0.6) is 5.88 Å². The summed E-state index contributed by atoms with van der Waals surface area (Å²) in [5.74, 6) is 1.07. The van der Waals surface area contributed by atoms with E-state index in [0.29, 0.717) is 32.6 Å². The van der Waals surface area contributed by atoms with Crippen LogP contribution in [-0.2, 0) is 22.7 Å². The number of hydrogen-bond donors (Lipinski definition) is 0. The molecule has 0 aliphatic heterocycles. The molecule has 0 radical (unpaired) electrons. The van der Waals surface area contributed by atoms with Crippen LogP contribution in [0.3, 0.4) is 0 Å². The zero-order valence-electron chi connectivity index (χ0n) is 15.6. The molecule has 0 atom stereocenters. The van der Waals surface area contributed by atoms with Gasteiger partial charge in [-0.3, -0.25) is 0 Å². The van der Waals surface area contributed by atoms with Crippen LogP contribution in [0.25, 0.3) is 21.2 Å². The average Bonchev–Trinajstić information content (AvgIpc) is 3.26. The fraction of sp³-hybridized carbons (Fsp3) is 0.250. The normalized spacial score (nSPS) is 11.2. The van der Waals surface area contributed by atoms with Crippen molar-refractivity contribution in [3.63, 3.8) is 0 Å². The zero-order valence-corrected chi connectivity index (χ0v) is 16.5. The fourth-order valence-electron chi connectivity index (χ4n) is 2.99. The van der Waals surface area contributed by atoms with Gasteiger partial charge in [-0.2, -0.15) is 4.98 Å². The molecule has 0 aliphatic carbocycles. The maximum Gasteiger partial charge on any atom is 0.349 e. The molecule has 1 aromatic carbocycles. The van der Waals surface area contributed by atoms with Gasteiger partial charge in [0.2, 0.25) is 5.88 Å². The van der Waals surface area contributed by atoms with E-state index in [1.807, 2.05) is 37.3 Å². The fourth-order valence-corrected chi connectivity index (χ4v) is 4.07. The van der Waals surface area contributed by atoms with E-state index in [4.69, 9.17) is 18.6 Å². The smallest absolute Gasteiger partial charge is 0.349 e. The van der Waals surface area contributed by atoms with Crippen LogP contribution in [0.1, 0.15) is 26.8 Å². The van der Waals surface area contributed by atoms with Crippen LogP contribution in [-0.4, -0.2) is 30.2 Å². The Balaban J connectivity index is 1.60. The lowest BCUT2D eigenvalue weighted by Crippen LogP contribution is -2.04. The molecule has 3 aromatic heterocycles. The molecule has 4 rings (SSSR count). The molecular weight excluding hydrogens is 380 g/mol. The minimum atomic E-state index is -0.434. The van der Waals surface area contributed by atoms with Gasteiger partial charge in [0.25, 0.3) is 0 Å². The molecule has 0 bridgehead atoms. The quantitative estimate of drug-likeness (QED) is 0.449. The van der Waals surface area contributed by atoms with Gasteiger partial charge in [0.1, 0.15) is 34.3 Å². The van der Waals surface area contributed by atoms with Gasteiger partial charge in [-0.25, -0.2) is 9.78 Å². The number of hydrogen-bond acceptors (Lipinski definition) is 8. The van der Waals surface area contributed by atoms with Crippen molar-refractivity contribution in [3.8, 4) is 5.88 Å². The van der Waals surface area contributed by atoms with Crippen molar-refractivity contribution in [1.29, 1.82) is 0 Å². The van der Waals surface area contributed by atoms with Crippen molar-refractivity contribution in [2.24, 2.45) is 0 Å². The van der Waals surface area contributed by atoms with Crippen molar-refractivity contribution in [2.45, 2.75) is 20.1 Å². The molecule has 0 spiro atoms. The first-order chi connectivity index (χ1) is 13.6. The van der Waals surface area contributed by atoms with Gasteiger partial charge in [-0.1, -0.05) is 18.2 Å². The third-order valence-electron chi connectivity index (χ3n) is 4.28. The molecule has 0 saturated carbocycles. The summed E-state index contributed by atoms with van der Waals surface area (Å²) in [4.78, 5) is 22.6. The zero-order chi connectivity index (χ0) is 19.7. The number of furan rings is 1. The molecule has 4 aromatic rings. The molecule has 144 valence electrons. The highest BCUT2D eigenvalue weighted by atomic mass is 32.1. The van der Waals surface area contributed by atoms with Crippen LogP contribution in [0, 0.1) is 6.92 Å². The largest absolute Gasteiger partial charge is 0.480 e. The lowest BCUT2D eigenvalue weighted by atomic mass is 10.2. The van der Waals surface area contributed by atoms with E-state index < -0.39 is 5.97 Å². The number of nitrogens with zero attached hydrogens (tertiary/aromatic N) is 2. The Kier molecular flexibility index (Phi) is 4.97. The van der Waals surface area contributed by atoms with Gasteiger partial charge in [-0.15, -0.1) is 11.3 Å². The van der Waals surface area contributed by atoms with Crippen LogP contribution in [0.4, 0.5) is 0 Å². The van der Waals surface area contributed by atoms with Crippen molar-refractivity contribution >= 4 is 38.5 Å². The van der Waals surface area contributed by atoms with Crippen molar-refractivity contribution in [3.05, 3.63) is 52.4 Å². The monoisotopic (exact) mass is 398 g/mol. The number of carbonyl (C=O) groups excluding carboxylic acids is 1. The number of thiophene rings is 1. The highest BCUT2D eigenvalue weighted by Gasteiger charge is 2.22. The third-order valence-corrected chi connectivity index (χ3v) is 5.44. The Morgan fingerprint density at radius 3 is 2.75 bits per heavy atom. The van der Waals surface area contributed by atoms with Crippen molar-refractivity contribution in [1.82, 2.24) is 9.97 Å². The van der Waals surface area contributed by atoms with Crippen LogP contribution in [0.15, 0.2) is 34.7 Å². The maximum absolute atomic E-state index is 12.7. The summed E-state index contributed by atoms with van der Waals surface area (Å²) >= 11 is 1.25. The van der Waals surface area contributed by atoms with Gasteiger partial charge >= 0.3 is 5.97 Å². The lowest BCUT2D eigenvalue weighted by molar-refractivity contribution is 0.0452. The molecule has 0 aliphatic rings. The number of methoxy groups -OCH3 is 2. The van der Waals surface area contributed by atoms with Crippen molar-refractivity contribution in [2.75, 3.05) is 14.2 Å². The summed E-state index contributed by atoms with van der Waals surface area (Å²) < 4.78 is 21.6. The molecule has 0 fully saturated rings. The van der Waals surface area contributed by atoms with Gasteiger partial charge in [-0.05, 0) is 24.6 Å². The highest BCUT2D eigenvalue weighted by molar-refractivity contribution is 7.20. The van der Waals surface area contributed by atoms with Crippen LogP contribution >= 0.6 is 11.3 Å². The predicted octanol–water partition coefficient (Wildman–Crippen LogP) is 4.26. The number of para-hydroxylation sites is 1. The Morgan fingerprint density at radius 1 is 1.18 bits per heavy atom. The van der Waals surface area contributed by atoms with Gasteiger partial charge in [0, 0.05) is 12.5 Å². The van der Waals surface area contributed by atoms with E-state index in [1.165, 1.54) is 18.4 Å². The van der Waals surface area contributed by atoms with Gasteiger partial charge in [0.15, 0.2) is 5.82 Å². The molecule has 28 heavy (non-hydrogen) atoms. The Labute approximate surface area is 164 Å².